The maximum absolute atomic E-state index is 6.35. The summed E-state index contributed by atoms with van der Waals surface area (Å²) >= 11 is 6.35. The monoisotopic (exact) mass is 376 g/mol. The summed E-state index contributed by atoms with van der Waals surface area (Å²) in [6.07, 6.45) is 2.25. The van der Waals surface area contributed by atoms with E-state index in [-0.39, 0.29) is 0 Å². The van der Waals surface area contributed by atoms with Gasteiger partial charge in [0.25, 0.3) is 0 Å². The van der Waals surface area contributed by atoms with E-state index in [1.165, 1.54) is 5.56 Å². The minimum atomic E-state index is 0.358. The van der Waals surface area contributed by atoms with Gasteiger partial charge in [-0.2, -0.15) is 0 Å². The molecule has 3 rings (SSSR count). The van der Waals surface area contributed by atoms with Crippen molar-refractivity contribution in [3.63, 3.8) is 0 Å². The Hall–Kier alpha value is -1.96. The van der Waals surface area contributed by atoms with Gasteiger partial charge in [-0.3, -0.25) is 4.90 Å². The van der Waals surface area contributed by atoms with Gasteiger partial charge in [0, 0.05) is 56.2 Å². The third-order valence-electron chi connectivity index (χ3n) is 4.48. The topological polar surface area (TPSA) is 78.6 Å². The van der Waals surface area contributed by atoms with Crippen LogP contribution in [0, 0.1) is 6.92 Å². The number of nitrogens with one attached hydrogen (secondary N) is 2. The summed E-state index contributed by atoms with van der Waals surface area (Å²) in [7, 11) is 1.71. The summed E-state index contributed by atoms with van der Waals surface area (Å²) in [6, 6.07) is 4.78. The van der Waals surface area contributed by atoms with Crippen molar-refractivity contribution in [2.45, 2.75) is 32.9 Å². The molecule has 2 N–H and O–H groups in total. The van der Waals surface area contributed by atoms with Crippen molar-refractivity contribution in [1.29, 1.82) is 0 Å². The van der Waals surface area contributed by atoms with Crippen LogP contribution in [0.5, 0.6) is 0 Å². The van der Waals surface area contributed by atoms with Crippen LogP contribution < -0.4 is 10.6 Å². The molecule has 7 nitrogen and oxygen atoms in total. The van der Waals surface area contributed by atoms with Gasteiger partial charge in [0.15, 0.2) is 0 Å². The van der Waals surface area contributed by atoms with Crippen molar-refractivity contribution in [2.75, 3.05) is 32.0 Å². The second-order valence-electron chi connectivity index (χ2n) is 6.60. The summed E-state index contributed by atoms with van der Waals surface area (Å²) in [4.78, 5) is 6.37. The Balaban J connectivity index is 1.75. The van der Waals surface area contributed by atoms with Gasteiger partial charge >= 0.3 is 6.01 Å². The number of halogens is 1. The van der Waals surface area contributed by atoms with Gasteiger partial charge < -0.3 is 20.0 Å². The lowest BCUT2D eigenvalue weighted by Gasteiger charge is -2.32. The molecule has 1 atom stereocenters. The maximum atomic E-state index is 6.35. The molecule has 1 aromatic heterocycles. The van der Waals surface area contributed by atoms with Gasteiger partial charge in [-0.1, -0.05) is 16.7 Å². The molecular formula is C18H25ClN6O. The van der Waals surface area contributed by atoms with E-state index in [1.807, 2.05) is 12.1 Å². The molecule has 1 aliphatic heterocycles. The number of aromatic nitrogens is 2. The first-order valence-corrected chi connectivity index (χ1v) is 9.17. The van der Waals surface area contributed by atoms with Crippen LogP contribution in [-0.4, -0.2) is 54.0 Å². The molecule has 1 aliphatic rings. The fourth-order valence-electron chi connectivity index (χ4n) is 3.10. The zero-order chi connectivity index (χ0) is 18.5. The van der Waals surface area contributed by atoms with Crippen LogP contribution in [0.3, 0.4) is 0 Å². The predicted molar refractivity (Wildman–Crippen MR) is 105 cm³/mol. The van der Waals surface area contributed by atoms with E-state index in [0.717, 1.165) is 37.4 Å². The molecule has 1 aromatic carbocycles. The standard InChI is InChI=1S/C18H25ClN6O/c1-12-10-25(7-6-21-12)11-14-8-15(19)9-16(13(14)2)22-18-24-23-17(26-18)4-5-20-3/h5,8-9,12,21H,4,6-7,10-11H2,1-3H3,(H,22,24)/t12-/m0/s1. The zero-order valence-corrected chi connectivity index (χ0v) is 16.2. The first-order valence-electron chi connectivity index (χ1n) is 8.80. The smallest absolute Gasteiger partial charge is 0.320 e. The number of nitrogens with zero attached hydrogens (tertiary/aromatic N) is 4. The minimum absolute atomic E-state index is 0.358. The highest BCUT2D eigenvalue weighted by atomic mass is 35.5. The second kappa shape index (κ2) is 8.62. The van der Waals surface area contributed by atoms with E-state index < -0.39 is 0 Å². The Bertz CT molecular complexity index is 775. The largest absolute Gasteiger partial charge is 0.407 e. The van der Waals surface area contributed by atoms with Crippen molar-refractivity contribution in [3.05, 3.63) is 34.2 Å². The number of piperazine rings is 1. The number of aliphatic imine (C=N–C) groups is 1. The Morgan fingerprint density at radius 1 is 1.46 bits per heavy atom. The van der Waals surface area contributed by atoms with E-state index in [1.54, 1.807) is 13.3 Å². The van der Waals surface area contributed by atoms with Gasteiger partial charge in [0.1, 0.15) is 0 Å². The molecule has 0 spiro atoms. The molecule has 0 radical (unpaired) electrons. The fourth-order valence-corrected chi connectivity index (χ4v) is 3.34. The number of benzene rings is 1. The molecule has 26 heavy (non-hydrogen) atoms. The molecule has 0 saturated carbocycles. The fraction of sp³-hybridized carbons (Fsp3) is 0.500. The van der Waals surface area contributed by atoms with Crippen molar-refractivity contribution in [1.82, 2.24) is 20.4 Å². The van der Waals surface area contributed by atoms with E-state index in [2.05, 4.69) is 44.6 Å². The van der Waals surface area contributed by atoms with Crippen LogP contribution in [0.4, 0.5) is 11.7 Å². The van der Waals surface area contributed by atoms with Crippen molar-refractivity contribution >= 4 is 29.5 Å². The third-order valence-corrected chi connectivity index (χ3v) is 4.70. The average molecular weight is 377 g/mol. The first kappa shape index (κ1) is 18.8. The summed E-state index contributed by atoms with van der Waals surface area (Å²) in [5.41, 5.74) is 3.22. The number of hydrogen-bond donors (Lipinski definition) is 2. The van der Waals surface area contributed by atoms with Crippen LogP contribution in [0.15, 0.2) is 21.5 Å². The average Bonchev–Trinajstić information content (AvgIpc) is 3.04. The SMILES string of the molecule is CN=CCc1nnc(Nc2cc(Cl)cc(CN3CCN[C@@H](C)C3)c2C)o1. The van der Waals surface area contributed by atoms with E-state index in [4.69, 9.17) is 16.0 Å². The van der Waals surface area contributed by atoms with Gasteiger partial charge in [0.05, 0.1) is 6.42 Å². The summed E-state index contributed by atoms with van der Waals surface area (Å²) in [5, 5.41) is 15.4. The molecule has 2 aromatic rings. The van der Waals surface area contributed by atoms with E-state index in [9.17, 15) is 0 Å². The van der Waals surface area contributed by atoms with Crippen LogP contribution in [0.2, 0.25) is 5.02 Å². The Morgan fingerprint density at radius 3 is 3.08 bits per heavy atom. The molecule has 0 aliphatic carbocycles. The highest BCUT2D eigenvalue weighted by molar-refractivity contribution is 6.31. The highest BCUT2D eigenvalue weighted by Gasteiger charge is 2.18. The molecule has 0 amide bonds. The minimum Gasteiger partial charge on any atom is -0.407 e. The molecule has 2 heterocycles. The quantitative estimate of drug-likeness (QED) is 0.755. The van der Waals surface area contributed by atoms with Crippen molar-refractivity contribution in [2.24, 2.45) is 4.99 Å². The zero-order valence-electron chi connectivity index (χ0n) is 15.4. The maximum Gasteiger partial charge on any atom is 0.320 e. The number of anilines is 2. The van der Waals surface area contributed by atoms with Crippen LogP contribution in [0.25, 0.3) is 0 Å². The van der Waals surface area contributed by atoms with E-state index >= 15 is 0 Å². The third kappa shape index (κ3) is 4.81. The molecule has 1 saturated heterocycles. The van der Waals surface area contributed by atoms with Crippen molar-refractivity contribution in [3.8, 4) is 0 Å². The lowest BCUT2D eigenvalue weighted by Crippen LogP contribution is -2.48. The van der Waals surface area contributed by atoms with Gasteiger partial charge in [-0.05, 0) is 37.1 Å². The van der Waals surface area contributed by atoms with Gasteiger partial charge in [-0.15, -0.1) is 5.10 Å². The van der Waals surface area contributed by atoms with Crippen molar-refractivity contribution < 1.29 is 4.42 Å². The van der Waals surface area contributed by atoms with Gasteiger partial charge in [0.2, 0.25) is 5.89 Å². The Morgan fingerprint density at radius 2 is 2.31 bits per heavy atom. The lowest BCUT2D eigenvalue weighted by atomic mass is 10.1. The summed E-state index contributed by atoms with van der Waals surface area (Å²) < 4.78 is 5.60. The molecule has 1 fully saturated rings. The van der Waals surface area contributed by atoms with Crippen LogP contribution in [0.1, 0.15) is 23.9 Å². The molecule has 0 unspecified atom stereocenters. The van der Waals surface area contributed by atoms with Crippen LogP contribution in [-0.2, 0) is 13.0 Å². The summed E-state index contributed by atoms with van der Waals surface area (Å²) in [6.45, 7) is 8.24. The molecular weight excluding hydrogens is 352 g/mol. The predicted octanol–water partition coefficient (Wildman–Crippen LogP) is 2.81. The molecule has 0 bridgehead atoms. The van der Waals surface area contributed by atoms with E-state index in [0.29, 0.717) is 29.4 Å². The Kier molecular flexibility index (Phi) is 6.24. The van der Waals surface area contributed by atoms with Crippen LogP contribution >= 0.6 is 11.6 Å². The lowest BCUT2D eigenvalue weighted by molar-refractivity contribution is 0.199. The Labute approximate surface area is 158 Å². The molecule has 140 valence electrons. The molecule has 8 heteroatoms. The van der Waals surface area contributed by atoms with Gasteiger partial charge in [-0.25, -0.2) is 0 Å². The summed E-state index contributed by atoms with van der Waals surface area (Å²) in [5.74, 6) is 0.521. The first-order chi connectivity index (χ1) is 12.5. The second-order valence-corrected chi connectivity index (χ2v) is 7.04. The highest BCUT2D eigenvalue weighted by Crippen LogP contribution is 2.28. The normalized spacial score (nSPS) is 18.5. The number of hydrogen-bond acceptors (Lipinski definition) is 7. The number of rotatable bonds is 6.